The summed E-state index contributed by atoms with van der Waals surface area (Å²) in [5.74, 6) is -0.579. The number of anilines is 1. The van der Waals surface area contributed by atoms with Crippen LogP contribution in [0, 0.1) is 0 Å². The van der Waals surface area contributed by atoms with Crippen molar-refractivity contribution >= 4 is 68.1 Å². The van der Waals surface area contributed by atoms with E-state index >= 15 is 0 Å². The summed E-state index contributed by atoms with van der Waals surface area (Å²) in [5.41, 5.74) is 1.87. The van der Waals surface area contributed by atoms with Crippen molar-refractivity contribution < 1.29 is 24.2 Å². The van der Waals surface area contributed by atoms with E-state index in [1.54, 1.807) is 42.5 Å². The number of thioether (sulfide) groups is 1. The van der Waals surface area contributed by atoms with Gasteiger partial charge in [-0.05, 0) is 52.2 Å². The van der Waals surface area contributed by atoms with Crippen LogP contribution in [0.5, 0.6) is 11.5 Å². The van der Waals surface area contributed by atoms with Crippen molar-refractivity contribution in [1.29, 1.82) is 0 Å². The third-order valence-corrected chi connectivity index (χ3v) is 9.44. The molecule has 1 atom stereocenters. The van der Waals surface area contributed by atoms with Crippen molar-refractivity contribution in [1.82, 2.24) is 10.2 Å². The van der Waals surface area contributed by atoms with Crippen LogP contribution in [0.1, 0.15) is 22.7 Å². The average Bonchev–Trinajstić information content (AvgIpc) is 3.60. The van der Waals surface area contributed by atoms with E-state index in [1.165, 1.54) is 42.2 Å². The first-order valence-electron chi connectivity index (χ1n) is 13.1. The van der Waals surface area contributed by atoms with Gasteiger partial charge < -0.3 is 14.6 Å². The number of aliphatic hydroxyl groups is 1. The molecule has 1 amide bonds. The minimum Gasteiger partial charge on any atom is -0.507 e. The molecule has 0 bridgehead atoms. The topological polar surface area (TPSA) is 102 Å². The number of hydrogen-bond donors (Lipinski definition) is 1. The summed E-state index contributed by atoms with van der Waals surface area (Å²) in [6.45, 7) is 0. The zero-order chi connectivity index (χ0) is 30.1. The van der Waals surface area contributed by atoms with Crippen LogP contribution in [-0.4, -0.2) is 41.2 Å². The van der Waals surface area contributed by atoms with Gasteiger partial charge >= 0.3 is 5.91 Å². The monoisotopic (exact) mass is 629 g/mol. The molecule has 43 heavy (non-hydrogen) atoms. The van der Waals surface area contributed by atoms with E-state index in [-0.39, 0.29) is 22.0 Å². The molecule has 1 saturated heterocycles. The van der Waals surface area contributed by atoms with Crippen LogP contribution in [-0.2, 0) is 15.3 Å². The predicted molar refractivity (Wildman–Crippen MR) is 169 cm³/mol. The van der Waals surface area contributed by atoms with Crippen LogP contribution < -0.4 is 14.4 Å². The molecule has 0 radical (unpaired) electrons. The van der Waals surface area contributed by atoms with Crippen molar-refractivity contribution in [2.75, 3.05) is 19.1 Å². The van der Waals surface area contributed by atoms with Crippen molar-refractivity contribution in [3.05, 3.63) is 112 Å². The zero-order valence-electron chi connectivity index (χ0n) is 23.0. The standard InChI is InChI=1S/C32H24ClN3O5S2/c1-40-24-14-13-20(16-25(24)41-2)28(37)26-27(19-9-6-11-22(33)15-19)36(30(39)29(26)38)31-34-35-32(43-31)42-17-21-10-5-8-18-7-3-4-12-23(18)21/h3-16,27,37H,17H2,1-2H3/b28-26+. The molecule has 0 spiro atoms. The fraction of sp³-hybridized carbons (Fsp3) is 0.125. The number of ketones is 1. The Morgan fingerprint density at radius 2 is 1.72 bits per heavy atom. The highest BCUT2D eigenvalue weighted by atomic mass is 35.5. The summed E-state index contributed by atoms with van der Waals surface area (Å²) in [5, 5.41) is 23.1. The SMILES string of the molecule is COc1ccc(/C(O)=C2\C(=O)C(=O)N(c3nnc(SCc4cccc5ccccc45)s3)C2c2cccc(Cl)c2)cc1OC. The second-order valence-corrected chi connectivity index (χ2v) is 12.2. The second kappa shape index (κ2) is 12.1. The van der Waals surface area contributed by atoms with Crippen LogP contribution in [0.25, 0.3) is 16.5 Å². The number of aliphatic hydroxyl groups excluding tert-OH is 1. The first kappa shape index (κ1) is 28.7. The molecule has 1 fully saturated rings. The minimum absolute atomic E-state index is 0.0976. The Morgan fingerprint density at radius 1 is 0.953 bits per heavy atom. The lowest BCUT2D eigenvalue weighted by atomic mass is 9.95. The summed E-state index contributed by atoms with van der Waals surface area (Å²) >= 11 is 9.02. The Labute approximate surface area is 260 Å². The molecule has 5 aromatic rings. The van der Waals surface area contributed by atoms with E-state index in [0.29, 0.717) is 32.2 Å². The highest BCUT2D eigenvalue weighted by Crippen LogP contribution is 2.45. The number of carbonyl (C=O) groups excluding carboxylic acids is 2. The Kier molecular flexibility index (Phi) is 8.07. The number of Topliss-reactive ketones (excluding diaryl/α,β-unsaturated/α-hetero) is 1. The van der Waals surface area contributed by atoms with Gasteiger partial charge in [-0.1, -0.05) is 89.3 Å². The van der Waals surface area contributed by atoms with Crippen LogP contribution in [0.3, 0.4) is 0 Å². The number of methoxy groups -OCH3 is 2. The molecule has 216 valence electrons. The van der Waals surface area contributed by atoms with Crippen LogP contribution in [0.2, 0.25) is 5.02 Å². The maximum absolute atomic E-state index is 13.6. The lowest BCUT2D eigenvalue weighted by molar-refractivity contribution is -0.132. The molecular weight excluding hydrogens is 606 g/mol. The zero-order valence-corrected chi connectivity index (χ0v) is 25.4. The number of fused-ring (bicyclic) bond motifs is 1. The highest BCUT2D eigenvalue weighted by Gasteiger charge is 2.48. The van der Waals surface area contributed by atoms with Gasteiger partial charge in [-0.3, -0.25) is 14.5 Å². The van der Waals surface area contributed by atoms with E-state index in [4.69, 9.17) is 21.1 Å². The van der Waals surface area contributed by atoms with Gasteiger partial charge in [-0.15, -0.1) is 10.2 Å². The lowest BCUT2D eigenvalue weighted by Gasteiger charge is -2.22. The minimum atomic E-state index is -0.990. The van der Waals surface area contributed by atoms with Gasteiger partial charge in [-0.25, -0.2) is 0 Å². The molecule has 1 aliphatic rings. The van der Waals surface area contributed by atoms with Gasteiger partial charge in [0.2, 0.25) is 5.13 Å². The average molecular weight is 630 g/mol. The largest absolute Gasteiger partial charge is 0.507 e. The molecule has 8 nitrogen and oxygen atoms in total. The Morgan fingerprint density at radius 3 is 2.51 bits per heavy atom. The molecule has 1 unspecified atom stereocenters. The second-order valence-electron chi connectivity index (χ2n) is 9.57. The number of nitrogens with zero attached hydrogens (tertiary/aromatic N) is 3. The van der Waals surface area contributed by atoms with E-state index in [9.17, 15) is 14.7 Å². The number of ether oxygens (including phenoxy) is 2. The number of aromatic nitrogens is 2. The van der Waals surface area contributed by atoms with E-state index < -0.39 is 17.7 Å². The quantitative estimate of drug-likeness (QED) is 0.0628. The molecule has 2 heterocycles. The molecule has 0 aliphatic carbocycles. The number of hydrogen-bond acceptors (Lipinski definition) is 9. The Balaban J connectivity index is 1.38. The van der Waals surface area contributed by atoms with Gasteiger partial charge in [0.25, 0.3) is 5.78 Å². The Hall–Kier alpha value is -4.38. The van der Waals surface area contributed by atoms with Crippen molar-refractivity contribution in [2.45, 2.75) is 16.1 Å². The maximum atomic E-state index is 13.6. The van der Waals surface area contributed by atoms with E-state index in [0.717, 1.165) is 16.3 Å². The maximum Gasteiger partial charge on any atom is 0.301 e. The third kappa shape index (κ3) is 5.45. The fourth-order valence-electron chi connectivity index (χ4n) is 5.08. The molecule has 0 saturated carbocycles. The van der Waals surface area contributed by atoms with Gasteiger partial charge in [0.1, 0.15) is 5.76 Å². The molecule has 1 aliphatic heterocycles. The van der Waals surface area contributed by atoms with Crippen LogP contribution in [0.4, 0.5) is 5.13 Å². The van der Waals surface area contributed by atoms with Gasteiger partial charge in [0.05, 0.1) is 25.8 Å². The first-order valence-corrected chi connectivity index (χ1v) is 15.3. The molecule has 4 aromatic carbocycles. The molecule has 1 N–H and O–H groups in total. The van der Waals surface area contributed by atoms with E-state index in [2.05, 4.69) is 34.5 Å². The number of halogens is 1. The summed E-state index contributed by atoms with van der Waals surface area (Å²) in [6.07, 6.45) is 0. The lowest BCUT2D eigenvalue weighted by Crippen LogP contribution is -2.29. The van der Waals surface area contributed by atoms with E-state index in [1.807, 2.05) is 18.2 Å². The van der Waals surface area contributed by atoms with Gasteiger partial charge in [0, 0.05) is 16.3 Å². The number of carbonyl (C=O) groups is 2. The smallest absolute Gasteiger partial charge is 0.301 e. The first-order chi connectivity index (χ1) is 20.9. The summed E-state index contributed by atoms with van der Waals surface area (Å²) < 4.78 is 11.3. The summed E-state index contributed by atoms with van der Waals surface area (Å²) in [4.78, 5) is 28.4. The molecule has 6 rings (SSSR count). The fourth-order valence-corrected chi connectivity index (χ4v) is 7.15. The van der Waals surface area contributed by atoms with Gasteiger partial charge in [-0.2, -0.15) is 0 Å². The Bertz CT molecular complexity index is 1900. The molecular formula is C32H24ClN3O5S2. The molecule has 1 aromatic heterocycles. The van der Waals surface area contributed by atoms with Crippen molar-refractivity contribution in [3.63, 3.8) is 0 Å². The summed E-state index contributed by atoms with van der Waals surface area (Å²) in [6, 6.07) is 24.9. The number of benzene rings is 4. The number of rotatable bonds is 8. The highest BCUT2D eigenvalue weighted by molar-refractivity contribution is 8.00. The van der Waals surface area contributed by atoms with Crippen molar-refractivity contribution in [2.24, 2.45) is 0 Å². The molecule has 11 heteroatoms. The number of amides is 1. The third-order valence-electron chi connectivity index (χ3n) is 7.10. The van der Waals surface area contributed by atoms with Crippen LogP contribution in [0.15, 0.2) is 94.8 Å². The summed E-state index contributed by atoms with van der Waals surface area (Å²) in [7, 11) is 2.97. The van der Waals surface area contributed by atoms with Crippen molar-refractivity contribution in [3.8, 4) is 11.5 Å². The normalized spacial score (nSPS) is 16.2. The van der Waals surface area contributed by atoms with Gasteiger partial charge in [0.15, 0.2) is 15.8 Å². The van der Waals surface area contributed by atoms with Crippen LogP contribution >= 0.6 is 34.7 Å². The predicted octanol–water partition coefficient (Wildman–Crippen LogP) is 7.28.